The highest BCUT2D eigenvalue weighted by molar-refractivity contribution is 7.98. The van der Waals surface area contributed by atoms with Gasteiger partial charge in [0.2, 0.25) is 0 Å². The van der Waals surface area contributed by atoms with E-state index in [4.69, 9.17) is 9.26 Å². The lowest BCUT2D eigenvalue weighted by atomic mass is 10.1. The molecule has 3 rings (SSSR count). The van der Waals surface area contributed by atoms with Gasteiger partial charge in [0.25, 0.3) is 5.71 Å². The van der Waals surface area contributed by atoms with Crippen LogP contribution in [-0.4, -0.2) is 45.8 Å². The molecule has 2 heterocycles. The molecule has 2 aromatic heterocycles. The van der Waals surface area contributed by atoms with Crippen LogP contribution in [-0.2, 0) is 9.53 Å². The first kappa shape index (κ1) is 19.1. The van der Waals surface area contributed by atoms with Gasteiger partial charge in [-0.15, -0.1) is 0 Å². The second-order valence-corrected chi connectivity index (χ2v) is 6.66. The fourth-order valence-corrected chi connectivity index (χ4v) is 3.06. The molecule has 142 valence electrons. The lowest BCUT2D eigenvalue weighted by Gasteiger charge is -2.17. The molecule has 0 saturated carbocycles. The molecule has 0 saturated heterocycles. The highest BCUT2D eigenvalue weighted by Crippen LogP contribution is 2.31. The number of carbonyl (C=O) groups is 1. The van der Waals surface area contributed by atoms with Gasteiger partial charge in [0.15, 0.2) is 0 Å². The first-order valence-corrected chi connectivity index (χ1v) is 9.81. The summed E-state index contributed by atoms with van der Waals surface area (Å²) in [5.74, 6) is 0.498. The summed E-state index contributed by atoms with van der Waals surface area (Å²) in [6.45, 7) is 2.06. The van der Waals surface area contributed by atoms with Crippen LogP contribution < -0.4 is 5.32 Å². The summed E-state index contributed by atoms with van der Waals surface area (Å²) in [6.07, 6.45) is 3.88. The number of nitrogens with zero attached hydrogens (tertiary/aromatic N) is 3. The molecule has 3 aromatic rings. The Bertz CT molecular complexity index is 917. The van der Waals surface area contributed by atoms with Crippen molar-refractivity contribution in [3.8, 4) is 11.3 Å². The third-order valence-corrected chi connectivity index (χ3v) is 4.53. The fraction of sp³-hybridized carbons (Fsp3) is 0.333. The van der Waals surface area contributed by atoms with Gasteiger partial charge in [-0.3, -0.25) is 0 Å². The molecule has 0 radical (unpaired) electrons. The Balaban J connectivity index is 1.99. The van der Waals surface area contributed by atoms with Gasteiger partial charge in [0.05, 0.1) is 6.61 Å². The van der Waals surface area contributed by atoms with Crippen molar-refractivity contribution in [1.82, 2.24) is 15.1 Å². The molecular formula is C18H19FN4O3S. The molecule has 0 aliphatic rings. The van der Waals surface area contributed by atoms with Crippen LogP contribution in [0.3, 0.4) is 0 Å². The quantitative estimate of drug-likeness (QED) is 0.584. The molecule has 7 nitrogen and oxygen atoms in total. The number of esters is 1. The van der Waals surface area contributed by atoms with Gasteiger partial charge in [0, 0.05) is 5.56 Å². The van der Waals surface area contributed by atoms with Crippen molar-refractivity contribution in [2.24, 2.45) is 0 Å². The maximum absolute atomic E-state index is 13.2. The van der Waals surface area contributed by atoms with Gasteiger partial charge in [0.1, 0.15) is 35.1 Å². The Labute approximate surface area is 159 Å². The van der Waals surface area contributed by atoms with Crippen LogP contribution in [0, 0.1) is 5.82 Å². The Morgan fingerprint density at radius 2 is 2.11 bits per heavy atom. The highest BCUT2D eigenvalue weighted by Gasteiger charge is 2.23. The van der Waals surface area contributed by atoms with Crippen molar-refractivity contribution in [1.29, 1.82) is 0 Å². The first-order chi connectivity index (χ1) is 13.1. The zero-order valence-electron chi connectivity index (χ0n) is 14.9. The summed E-state index contributed by atoms with van der Waals surface area (Å²) >= 11 is 1.64. The van der Waals surface area contributed by atoms with Crippen molar-refractivity contribution in [2.45, 2.75) is 19.4 Å². The normalized spacial score (nSPS) is 12.1. The number of hydrogen-bond donors (Lipinski definition) is 1. The molecule has 0 amide bonds. The average Bonchev–Trinajstić information content (AvgIpc) is 3.11. The molecule has 0 fully saturated rings. The Hall–Kier alpha value is -2.68. The van der Waals surface area contributed by atoms with Gasteiger partial charge in [-0.1, -0.05) is 5.16 Å². The van der Waals surface area contributed by atoms with E-state index < -0.39 is 6.04 Å². The van der Waals surface area contributed by atoms with Crippen LogP contribution in [0.5, 0.6) is 0 Å². The number of nitrogens with one attached hydrogen (secondary N) is 1. The maximum atomic E-state index is 13.2. The number of rotatable bonds is 8. The zero-order valence-corrected chi connectivity index (χ0v) is 15.8. The fourth-order valence-electron chi connectivity index (χ4n) is 2.59. The number of ether oxygens (including phenoxy) is 1. The highest BCUT2D eigenvalue weighted by atomic mass is 32.2. The number of anilines is 1. The summed E-state index contributed by atoms with van der Waals surface area (Å²) in [5.41, 5.74) is 1.41. The largest absolute Gasteiger partial charge is 0.464 e. The first-order valence-electron chi connectivity index (χ1n) is 8.42. The Morgan fingerprint density at radius 3 is 2.81 bits per heavy atom. The summed E-state index contributed by atoms with van der Waals surface area (Å²) in [5, 5.41) is 7.71. The standard InChI is InChI=1S/C18H19FN4O3S/c1-3-25-18(24)13(8-9-27-2)22-16-14-15(11-4-6-12(19)7-5-11)23-26-17(14)21-10-20-16/h4-7,10,13H,3,8-9H2,1-2H3,(H,20,21,22)/t13-/m0/s1. The number of benzene rings is 1. The zero-order chi connectivity index (χ0) is 19.2. The minimum absolute atomic E-state index is 0.277. The van der Waals surface area contributed by atoms with Crippen molar-refractivity contribution in [3.63, 3.8) is 0 Å². The van der Waals surface area contributed by atoms with Gasteiger partial charge in [-0.25, -0.2) is 14.2 Å². The van der Waals surface area contributed by atoms with E-state index in [2.05, 4.69) is 20.4 Å². The third-order valence-electron chi connectivity index (χ3n) is 3.88. The van der Waals surface area contributed by atoms with Gasteiger partial charge < -0.3 is 14.6 Å². The monoisotopic (exact) mass is 390 g/mol. The molecule has 0 aliphatic carbocycles. The van der Waals surface area contributed by atoms with Gasteiger partial charge in [-0.2, -0.15) is 16.7 Å². The van der Waals surface area contributed by atoms with Crippen molar-refractivity contribution < 1.29 is 18.4 Å². The molecule has 0 spiro atoms. The number of aromatic nitrogens is 3. The topological polar surface area (TPSA) is 90.1 Å². The van der Waals surface area contributed by atoms with Gasteiger partial charge >= 0.3 is 5.97 Å². The molecule has 1 N–H and O–H groups in total. The van der Waals surface area contributed by atoms with E-state index in [1.54, 1.807) is 30.8 Å². The van der Waals surface area contributed by atoms with Crippen LogP contribution in [0.1, 0.15) is 13.3 Å². The van der Waals surface area contributed by atoms with Gasteiger partial charge in [-0.05, 0) is 49.6 Å². The van der Waals surface area contributed by atoms with Crippen LogP contribution in [0.4, 0.5) is 10.2 Å². The predicted octanol–water partition coefficient (Wildman–Crippen LogP) is 3.52. The van der Waals surface area contributed by atoms with E-state index in [-0.39, 0.29) is 17.5 Å². The molecule has 27 heavy (non-hydrogen) atoms. The second kappa shape index (κ2) is 8.81. The van der Waals surface area contributed by atoms with E-state index in [1.807, 2.05) is 6.26 Å². The van der Waals surface area contributed by atoms with E-state index in [0.29, 0.717) is 35.5 Å². The summed E-state index contributed by atoms with van der Waals surface area (Å²) in [7, 11) is 0. The minimum atomic E-state index is -0.563. The van der Waals surface area contributed by atoms with E-state index in [0.717, 1.165) is 5.75 Å². The van der Waals surface area contributed by atoms with Crippen LogP contribution >= 0.6 is 11.8 Å². The molecule has 1 atom stereocenters. The Morgan fingerprint density at radius 1 is 1.33 bits per heavy atom. The number of thioether (sulfide) groups is 1. The molecule has 0 bridgehead atoms. The number of hydrogen-bond acceptors (Lipinski definition) is 8. The summed E-state index contributed by atoms with van der Waals surface area (Å²) < 4.78 is 23.7. The second-order valence-electron chi connectivity index (χ2n) is 5.67. The predicted molar refractivity (Wildman–Crippen MR) is 102 cm³/mol. The summed E-state index contributed by atoms with van der Waals surface area (Å²) in [6, 6.07) is 5.31. The van der Waals surface area contributed by atoms with Crippen molar-refractivity contribution >= 4 is 34.6 Å². The molecule has 0 unspecified atom stereocenters. The molecule has 1 aromatic carbocycles. The minimum Gasteiger partial charge on any atom is -0.464 e. The van der Waals surface area contributed by atoms with Crippen LogP contribution in [0.2, 0.25) is 0 Å². The number of fused-ring (bicyclic) bond motifs is 1. The lowest BCUT2D eigenvalue weighted by Crippen LogP contribution is -2.32. The Kier molecular flexibility index (Phi) is 6.23. The number of halogens is 1. The van der Waals surface area contributed by atoms with Crippen molar-refractivity contribution in [2.75, 3.05) is 23.9 Å². The third kappa shape index (κ3) is 4.36. The molecular weight excluding hydrogens is 371 g/mol. The van der Waals surface area contributed by atoms with E-state index in [1.165, 1.54) is 18.5 Å². The molecule has 9 heteroatoms. The maximum Gasteiger partial charge on any atom is 0.328 e. The SMILES string of the molecule is CCOC(=O)[C@H](CCSC)Nc1ncnc2onc(-c3ccc(F)cc3)c12. The summed E-state index contributed by atoms with van der Waals surface area (Å²) in [4.78, 5) is 20.6. The lowest BCUT2D eigenvalue weighted by molar-refractivity contribution is -0.144. The molecule has 0 aliphatic heterocycles. The smallest absolute Gasteiger partial charge is 0.328 e. The van der Waals surface area contributed by atoms with E-state index in [9.17, 15) is 9.18 Å². The average molecular weight is 390 g/mol. The van der Waals surface area contributed by atoms with Crippen LogP contribution in [0.25, 0.3) is 22.4 Å². The van der Waals surface area contributed by atoms with E-state index >= 15 is 0 Å². The van der Waals surface area contributed by atoms with Crippen molar-refractivity contribution in [3.05, 3.63) is 36.4 Å². The number of carbonyl (C=O) groups excluding carboxylic acids is 1. The van der Waals surface area contributed by atoms with Crippen LogP contribution in [0.15, 0.2) is 35.1 Å².